The monoisotopic (exact) mass is 562 g/mol. The van der Waals surface area contributed by atoms with Crippen molar-refractivity contribution in [2.45, 2.75) is 59.0 Å². The van der Waals surface area contributed by atoms with E-state index in [0.717, 1.165) is 46.2 Å². The maximum absolute atomic E-state index is 13.9. The van der Waals surface area contributed by atoms with Gasteiger partial charge in [-0.2, -0.15) is 0 Å². The number of ether oxygens (including phenoxy) is 2. The van der Waals surface area contributed by atoms with Gasteiger partial charge in [0.1, 0.15) is 22.7 Å². The van der Waals surface area contributed by atoms with E-state index in [-0.39, 0.29) is 11.8 Å². The lowest BCUT2D eigenvalue weighted by Crippen LogP contribution is -2.30. The highest BCUT2D eigenvalue weighted by Gasteiger charge is 2.36. The number of alkyl halides is 1. The molecule has 40 heavy (non-hydrogen) atoms. The summed E-state index contributed by atoms with van der Waals surface area (Å²) < 4.78 is 11.6. The minimum Gasteiger partial charge on any atom is -0.493 e. The van der Waals surface area contributed by atoms with Gasteiger partial charge in [0, 0.05) is 35.2 Å². The van der Waals surface area contributed by atoms with Crippen LogP contribution in [-0.4, -0.2) is 46.6 Å². The van der Waals surface area contributed by atoms with Crippen LogP contribution in [0.2, 0.25) is 0 Å². The zero-order valence-corrected chi connectivity index (χ0v) is 24.3. The van der Waals surface area contributed by atoms with Crippen LogP contribution in [0.4, 0.5) is 16.2 Å². The smallest absolute Gasteiger partial charge is 0.412 e. The van der Waals surface area contributed by atoms with Crippen LogP contribution in [0, 0.1) is 6.92 Å². The van der Waals surface area contributed by atoms with E-state index < -0.39 is 11.7 Å². The molecule has 0 spiro atoms. The Hall–Kier alpha value is -3.78. The van der Waals surface area contributed by atoms with Crippen LogP contribution in [-0.2, 0) is 4.74 Å². The molecule has 2 amide bonds. The predicted octanol–water partition coefficient (Wildman–Crippen LogP) is 7.53. The quantitative estimate of drug-likeness (QED) is 0.179. The second-order valence-electron chi connectivity index (χ2n) is 11.2. The number of H-pyrrole nitrogens is 1. The normalized spacial score (nSPS) is 14.9. The van der Waals surface area contributed by atoms with Crippen molar-refractivity contribution >= 4 is 56.8 Å². The van der Waals surface area contributed by atoms with E-state index >= 15 is 0 Å². The Morgan fingerprint density at radius 2 is 2.02 bits per heavy atom. The summed E-state index contributed by atoms with van der Waals surface area (Å²) in [5.41, 5.74) is 3.83. The summed E-state index contributed by atoms with van der Waals surface area (Å²) in [7, 11) is 0. The molecule has 0 unspecified atom stereocenters. The minimum absolute atomic E-state index is 0.0129. The molecule has 0 saturated heterocycles. The number of carbonyl (C=O) groups is 2. The van der Waals surface area contributed by atoms with E-state index in [1.165, 1.54) is 6.20 Å². The molecule has 0 radical (unpaired) electrons. The minimum atomic E-state index is -0.618. The first-order valence-electron chi connectivity index (χ1n) is 13.6. The zero-order chi connectivity index (χ0) is 28.6. The molecule has 8 nitrogen and oxygen atoms in total. The summed E-state index contributed by atoms with van der Waals surface area (Å²) >= 11 is 6.48. The molecule has 0 saturated carbocycles. The van der Waals surface area contributed by atoms with E-state index in [9.17, 15) is 9.59 Å². The van der Waals surface area contributed by atoms with Gasteiger partial charge in [-0.05, 0) is 62.8 Å². The van der Waals surface area contributed by atoms with Crippen molar-refractivity contribution in [1.29, 1.82) is 0 Å². The number of amides is 2. The molecule has 3 heterocycles. The van der Waals surface area contributed by atoms with E-state index in [4.69, 9.17) is 21.1 Å². The summed E-state index contributed by atoms with van der Waals surface area (Å²) in [4.78, 5) is 35.5. The largest absolute Gasteiger partial charge is 0.493 e. The van der Waals surface area contributed by atoms with Crippen molar-refractivity contribution in [3.63, 3.8) is 0 Å². The van der Waals surface area contributed by atoms with Crippen LogP contribution in [0.5, 0.6) is 5.75 Å². The van der Waals surface area contributed by atoms with Crippen LogP contribution >= 0.6 is 11.6 Å². The molecule has 0 aliphatic carbocycles. The van der Waals surface area contributed by atoms with Gasteiger partial charge >= 0.3 is 6.09 Å². The molecule has 5 rings (SSSR count). The number of nitrogens with zero attached hydrogens (tertiary/aromatic N) is 2. The number of carbonyl (C=O) groups excluding carboxylic acids is 2. The molecule has 2 aromatic carbocycles. The van der Waals surface area contributed by atoms with E-state index in [1.807, 2.05) is 12.1 Å². The Labute approximate surface area is 239 Å². The Kier molecular flexibility index (Phi) is 7.64. The molecule has 210 valence electrons. The van der Waals surface area contributed by atoms with Gasteiger partial charge in [0.2, 0.25) is 0 Å². The topological polar surface area (TPSA) is 96.6 Å². The fraction of sp³-hybridized carbons (Fsp3) is 0.387. The molecular weight excluding hydrogens is 528 g/mol. The molecule has 1 aliphatic heterocycles. The second-order valence-corrected chi connectivity index (χ2v) is 11.6. The molecule has 9 heteroatoms. The van der Waals surface area contributed by atoms with Crippen molar-refractivity contribution in [3.05, 3.63) is 59.4 Å². The summed E-state index contributed by atoms with van der Waals surface area (Å²) in [6.07, 6.45) is 2.94. The second kappa shape index (κ2) is 11.0. The number of pyridine rings is 1. The van der Waals surface area contributed by atoms with Crippen LogP contribution < -0.4 is 15.0 Å². The molecule has 1 aliphatic rings. The third-order valence-electron chi connectivity index (χ3n) is 6.99. The number of anilines is 2. The lowest BCUT2D eigenvalue weighted by molar-refractivity contribution is 0.0635. The van der Waals surface area contributed by atoms with Crippen molar-refractivity contribution in [1.82, 2.24) is 9.97 Å². The Morgan fingerprint density at radius 3 is 2.75 bits per heavy atom. The first-order valence-corrected chi connectivity index (χ1v) is 14.2. The highest BCUT2D eigenvalue weighted by atomic mass is 35.5. The maximum atomic E-state index is 13.9. The number of aromatic amines is 1. The average molecular weight is 563 g/mol. The van der Waals surface area contributed by atoms with Crippen molar-refractivity contribution in [2.24, 2.45) is 0 Å². The molecule has 0 bridgehead atoms. The fourth-order valence-corrected chi connectivity index (χ4v) is 5.47. The van der Waals surface area contributed by atoms with Gasteiger partial charge in [-0.25, -0.2) is 9.78 Å². The molecular formula is C31H35ClN4O4. The van der Waals surface area contributed by atoms with Gasteiger partial charge in [-0.15, -0.1) is 11.6 Å². The van der Waals surface area contributed by atoms with Crippen molar-refractivity contribution < 1.29 is 19.1 Å². The first-order chi connectivity index (χ1) is 19.1. The van der Waals surface area contributed by atoms with Crippen LogP contribution in [0.25, 0.3) is 21.8 Å². The number of hydrogen-bond acceptors (Lipinski definition) is 5. The first kappa shape index (κ1) is 27.8. The SMILES string of the molecule is CCCCOc1cc2c(c3c(C)cccc13)[C@H](CCl)CN2C(=O)c1cc2cc(NC(=O)OC(C)(C)C)cnc2[nH]1. The number of rotatable bonds is 7. The van der Waals surface area contributed by atoms with E-state index in [2.05, 4.69) is 41.3 Å². The third-order valence-corrected chi connectivity index (χ3v) is 7.36. The number of halogens is 1. The number of unbranched alkanes of at least 4 members (excludes halogenated alkanes) is 1. The summed E-state index contributed by atoms with van der Waals surface area (Å²) in [6, 6.07) is 11.7. The Morgan fingerprint density at radius 1 is 1.23 bits per heavy atom. The van der Waals surface area contributed by atoms with Gasteiger partial charge < -0.3 is 19.4 Å². The predicted molar refractivity (Wildman–Crippen MR) is 160 cm³/mol. The van der Waals surface area contributed by atoms with Crippen LogP contribution in [0.1, 0.15) is 68.1 Å². The average Bonchev–Trinajstić information content (AvgIpc) is 3.48. The summed E-state index contributed by atoms with van der Waals surface area (Å²) in [5.74, 6) is 0.974. The van der Waals surface area contributed by atoms with Gasteiger partial charge in [0.15, 0.2) is 0 Å². The standard InChI is InChI=1S/C31H35ClN4O4/c1-6-7-11-39-25-14-24-27(26-18(2)9-8-10-22(25)26)20(15-32)17-36(24)29(37)23-13-19-12-21(16-33-28(19)35-23)34-30(38)40-31(3,4)5/h8-10,12-14,16,20H,6-7,11,15,17H2,1-5H3,(H,33,35)(H,34,38)/t20-/m1/s1. The fourth-order valence-electron chi connectivity index (χ4n) is 5.21. The van der Waals surface area contributed by atoms with Gasteiger partial charge in [-0.3, -0.25) is 10.1 Å². The highest BCUT2D eigenvalue weighted by molar-refractivity contribution is 6.19. The van der Waals surface area contributed by atoms with Crippen molar-refractivity contribution in [3.8, 4) is 5.75 Å². The molecule has 2 aromatic heterocycles. The van der Waals surface area contributed by atoms with Crippen molar-refractivity contribution in [2.75, 3.05) is 29.2 Å². The summed E-state index contributed by atoms with van der Waals surface area (Å²) in [6.45, 7) is 10.7. The molecule has 0 fully saturated rings. The third kappa shape index (κ3) is 5.45. The maximum Gasteiger partial charge on any atom is 0.412 e. The Bertz CT molecular complexity index is 1590. The number of nitrogens with one attached hydrogen (secondary N) is 2. The van der Waals surface area contributed by atoms with E-state index in [1.54, 1.807) is 37.8 Å². The number of aromatic nitrogens is 2. The van der Waals surface area contributed by atoms with Crippen LogP contribution in [0.15, 0.2) is 42.6 Å². The molecule has 4 aromatic rings. The van der Waals surface area contributed by atoms with Gasteiger partial charge in [-0.1, -0.05) is 31.5 Å². The van der Waals surface area contributed by atoms with E-state index in [0.29, 0.717) is 41.4 Å². The lowest BCUT2D eigenvalue weighted by atomic mass is 9.92. The van der Waals surface area contributed by atoms with Crippen LogP contribution in [0.3, 0.4) is 0 Å². The Balaban J connectivity index is 1.50. The number of aryl methyl sites for hydroxylation is 1. The van der Waals surface area contributed by atoms with Gasteiger partial charge in [0.25, 0.3) is 5.91 Å². The lowest BCUT2D eigenvalue weighted by Gasteiger charge is -2.19. The zero-order valence-electron chi connectivity index (χ0n) is 23.6. The number of hydrogen-bond donors (Lipinski definition) is 2. The highest BCUT2D eigenvalue weighted by Crippen LogP contribution is 2.47. The number of benzene rings is 2. The molecule has 2 N–H and O–H groups in total. The summed E-state index contributed by atoms with van der Waals surface area (Å²) in [5, 5.41) is 5.54. The molecule has 1 atom stereocenters. The number of fused-ring (bicyclic) bond motifs is 4. The van der Waals surface area contributed by atoms with Gasteiger partial charge in [0.05, 0.1) is 24.2 Å².